The second kappa shape index (κ2) is 68.6. The minimum Gasteiger partial charge on any atom is -0.462 e. The lowest BCUT2D eigenvalue weighted by Crippen LogP contribution is -2.30. The number of carbonyl (C=O) groups excluding carboxylic acids is 3. The van der Waals surface area contributed by atoms with Crippen molar-refractivity contribution >= 4 is 17.9 Å². The third-order valence-electron chi connectivity index (χ3n) is 15.8. The van der Waals surface area contributed by atoms with Crippen LogP contribution >= 0.6 is 0 Å². The van der Waals surface area contributed by atoms with E-state index >= 15 is 0 Å². The molecule has 0 rings (SSSR count). The van der Waals surface area contributed by atoms with Crippen molar-refractivity contribution < 1.29 is 28.6 Å². The van der Waals surface area contributed by atoms with E-state index in [1.165, 1.54) is 250 Å². The zero-order chi connectivity index (χ0) is 57.8. The van der Waals surface area contributed by atoms with Crippen LogP contribution in [0.25, 0.3) is 0 Å². The maximum atomic E-state index is 12.9. The Labute approximate surface area is 498 Å². The van der Waals surface area contributed by atoms with Gasteiger partial charge in [-0.3, -0.25) is 14.4 Å². The molecule has 1 atom stereocenters. The predicted octanol–water partition coefficient (Wildman–Crippen LogP) is 24.3. The van der Waals surface area contributed by atoms with Crippen LogP contribution in [0.3, 0.4) is 0 Å². The average molecular weight is 1120 g/mol. The van der Waals surface area contributed by atoms with E-state index in [4.69, 9.17) is 14.2 Å². The summed E-state index contributed by atoms with van der Waals surface area (Å²) in [6.07, 6.45) is 88.5. The summed E-state index contributed by atoms with van der Waals surface area (Å²) in [5, 5.41) is 0. The fourth-order valence-electron chi connectivity index (χ4n) is 10.5. The number of allylic oxidation sites excluding steroid dienone is 10. The molecule has 0 saturated carbocycles. The highest BCUT2D eigenvalue weighted by molar-refractivity contribution is 5.71. The molecule has 466 valence electrons. The predicted molar refractivity (Wildman–Crippen MR) is 348 cm³/mol. The fraction of sp³-hybridized carbons (Fsp3) is 0.824. The van der Waals surface area contributed by atoms with Gasteiger partial charge in [0.05, 0.1) is 0 Å². The van der Waals surface area contributed by atoms with Crippen LogP contribution in [0.5, 0.6) is 0 Å². The van der Waals surface area contributed by atoms with Crippen molar-refractivity contribution in [3.8, 4) is 0 Å². The minimum absolute atomic E-state index is 0.0713. The largest absolute Gasteiger partial charge is 0.462 e. The highest BCUT2D eigenvalue weighted by Crippen LogP contribution is 2.18. The zero-order valence-corrected chi connectivity index (χ0v) is 53.6. The first-order valence-electron chi connectivity index (χ1n) is 35.3. The van der Waals surface area contributed by atoms with Crippen molar-refractivity contribution in [2.75, 3.05) is 13.2 Å². The lowest BCUT2D eigenvalue weighted by atomic mass is 10.0. The molecule has 0 fully saturated rings. The monoisotopic (exact) mass is 1120 g/mol. The number of ether oxygens (including phenoxy) is 3. The summed E-state index contributed by atoms with van der Waals surface area (Å²) in [4.78, 5) is 38.2. The van der Waals surface area contributed by atoms with Gasteiger partial charge in [0, 0.05) is 19.3 Å². The third-order valence-corrected chi connectivity index (χ3v) is 15.8. The standard InChI is InChI=1S/C74H134O6/c1-4-7-10-13-16-19-21-23-25-27-29-31-33-34-35-36-37-38-39-40-42-43-45-47-49-51-53-55-58-61-64-67-73(76)79-70-71(69-78-72(75)66-63-60-57-18-15-12-9-6-3)80-74(77)68-65-62-59-56-54-52-50-48-46-44-41-32-30-28-26-24-22-20-17-14-11-8-5-2/h8,11,17,20,24,26-27,29-30,32,71H,4-7,9-10,12-16,18-19,21-23,25,28,31,33-70H2,1-3H3/b11-8-,20-17-,26-24-,29-27-,32-30-. The van der Waals surface area contributed by atoms with Gasteiger partial charge in [0.2, 0.25) is 0 Å². The first kappa shape index (κ1) is 77.1. The topological polar surface area (TPSA) is 78.9 Å². The summed E-state index contributed by atoms with van der Waals surface area (Å²) in [6.45, 7) is 6.55. The Kier molecular flexibility index (Phi) is 66.1. The molecule has 1 unspecified atom stereocenters. The van der Waals surface area contributed by atoms with Crippen LogP contribution in [0, 0.1) is 0 Å². The minimum atomic E-state index is -0.773. The van der Waals surface area contributed by atoms with Gasteiger partial charge in [-0.25, -0.2) is 0 Å². The van der Waals surface area contributed by atoms with Crippen molar-refractivity contribution in [3.63, 3.8) is 0 Å². The van der Waals surface area contributed by atoms with Gasteiger partial charge in [-0.2, -0.15) is 0 Å². The number of carbonyl (C=O) groups is 3. The molecule has 0 radical (unpaired) electrons. The van der Waals surface area contributed by atoms with Crippen molar-refractivity contribution in [2.24, 2.45) is 0 Å². The van der Waals surface area contributed by atoms with Crippen LogP contribution in [0.1, 0.15) is 374 Å². The Morgan fingerprint density at radius 2 is 0.487 bits per heavy atom. The van der Waals surface area contributed by atoms with Crippen LogP contribution in [0.2, 0.25) is 0 Å². The van der Waals surface area contributed by atoms with E-state index < -0.39 is 6.10 Å². The zero-order valence-electron chi connectivity index (χ0n) is 53.6. The van der Waals surface area contributed by atoms with Gasteiger partial charge in [-0.15, -0.1) is 0 Å². The molecule has 0 aliphatic rings. The Bertz CT molecular complexity index is 1430. The Morgan fingerprint density at radius 3 is 0.775 bits per heavy atom. The van der Waals surface area contributed by atoms with Gasteiger partial charge in [-0.05, 0) is 83.5 Å². The lowest BCUT2D eigenvalue weighted by Gasteiger charge is -2.18. The molecule has 0 bridgehead atoms. The highest BCUT2D eigenvalue weighted by atomic mass is 16.6. The van der Waals surface area contributed by atoms with Gasteiger partial charge in [0.15, 0.2) is 6.10 Å². The van der Waals surface area contributed by atoms with Crippen LogP contribution in [-0.4, -0.2) is 37.2 Å². The van der Waals surface area contributed by atoms with E-state index in [-0.39, 0.29) is 31.1 Å². The summed E-state index contributed by atoms with van der Waals surface area (Å²) >= 11 is 0. The molecular weight excluding hydrogens is 985 g/mol. The highest BCUT2D eigenvalue weighted by Gasteiger charge is 2.19. The Balaban J connectivity index is 4.06. The Morgan fingerprint density at radius 1 is 0.263 bits per heavy atom. The maximum Gasteiger partial charge on any atom is 0.306 e. The number of esters is 3. The van der Waals surface area contributed by atoms with Crippen LogP contribution in [0.4, 0.5) is 0 Å². The van der Waals surface area contributed by atoms with Gasteiger partial charge in [-0.1, -0.05) is 332 Å². The summed E-state index contributed by atoms with van der Waals surface area (Å²) < 4.78 is 16.9. The van der Waals surface area contributed by atoms with Crippen molar-refractivity contribution in [1.82, 2.24) is 0 Å². The molecule has 0 aromatic carbocycles. The van der Waals surface area contributed by atoms with Crippen LogP contribution in [-0.2, 0) is 28.6 Å². The molecule has 0 aromatic heterocycles. The second-order valence-electron chi connectivity index (χ2n) is 23.8. The first-order chi connectivity index (χ1) is 39.5. The molecule has 0 saturated heterocycles. The van der Waals surface area contributed by atoms with Crippen LogP contribution in [0.15, 0.2) is 60.8 Å². The van der Waals surface area contributed by atoms with Crippen molar-refractivity contribution in [1.29, 1.82) is 0 Å². The molecule has 0 heterocycles. The molecule has 6 nitrogen and oxygen atoms in total. The van der Waals surface area contributed by atoms with Crippen molar-refractivity contribution in [3.05, 3.63) is 60.8 Å². The van der Waals surface area contributed by atoms with Gasteiger partial charge >= 0.3 is 17.9 Å². The lowest BCUT2D eigenvalue weighted by molar-refractivity contribution is -0.167. The average Bonchev–Trinajstić information content (AvgIpc) is 3.46. The normalized spacial score (nSPS) is 12.4. The summed E-state index contributed by atoms with van der Waals surface area (Å²) in [7, 11) is 0. The van der Waals surface area contributed by atoms with Crippen LogP contribution < -0.4 is 0 Å². The number of rotatable bonds is 65. The van der Waals surface area contributed by atoms with E-state index in [9.17, 15) is 14.4 Å². The molecule has 0 spiro atoms. The molecule has 0 N–H and O–H groups in total. The quantitative estimate of drug-likeness (QED) is 0.0261. The van der Waals surface area contributed by atoms with Crippen molar-refractivity contribution in [2.45, 2.75) is 380 Å². The molecule has 6 heteroatoms. The SMILES string of the molecule is CC/C=C\C/C=C\C/C=C\C/C=C\CCCCCCCCCCCCC(=O)OC(COC(=O)CCCCCCCCCC)COC(=O)CCCCCCCCCCCCCCCCCCCCC/C=C\CCCCCCCCCC. The van der Waals surface area contributed by atoms with E-state index in [1.54, 1.807) is 0 Å². The summed E-state index contributed by atoms with van der Waals surface area (Å²) in [5.41, 5.74) is 0. The molecular formula is C74H134O6. The van der Waals surface area contributed by atoms with Gasteiger partial charge in [0.1, 0.15) is 13.2 Å². The van der Waals surface area contributed by atoms with Gasteiger partial charge < -0.3 is 14.2 Å². The third kappa shape index (κ3) is 65.9. The fourth-order valence-corrected chi connectivity index (χ4v) is 10.5. The number of unbranched alkanes of at least 4 members (excludes halogenated alkanes) is 44. The molecule has 0 amide bonds. The van der Waals surface area contributed by atoms with E-state index in [2.05, 4.69) is 81.5 Å². The molecule has 0 aliphatic carbocycles. The van der Waals surface area contributed by atoms with E-state index in [0.717, 1.165) is 83.5 Å². The molecule has 80 heavy (non-hydrogen) atoms. The summed E-state index contributed by atoms with van der Waals surface area (Å²) in [5.74, 6) is -0.859. The smallest absolute Gasteiger partial charge is 0.306 e. The molecule has 0 aliphatic heterocycles. The first-order valence-corrected chi connectivity index (χ1v) is 35.3. The second-order valence-corrected chi connectivity index (χ2v) is 23.8. The Hall–Kier alpha value is -2.89. The number of hydrogen-bond donors (Lipinski definition) is 0. The molecule has 0 aromatic rings. The van der Waals surface area contributed by atoms with Gasteiger partial charge in [0.25, 0.3) is 0 Å². The summed E-state index contributed by atoms with van der Waals surface area (Å²) in [6, 6.07) is 0. The van der Waals surface area contributed by atoms with E-state index in [1.807, 2.05) is 0 Å². The number of hydrogen-bond acceptors (Lipinski definition) is 6. The maximum absolute atomic E-state index is 12.9. The van der Waals surface area contributed by atoms with E-state index in [0.29, 0.717) is 19.3 Å².